The van der Waals surface area contributed by atoms with Crippen LogP contribution in [0, 0.1) is 5.82 Å². The van der Waals surface area contributed by atoms with E-state index in [1.165, 1.54) is 12.1 Å². The predicted octanol–water partition coefficient (Wildman–Crippen LogP) is 1.56. The van der Waals surface area contributed by atoms with Crippen molar-refractivity contribution in [2.45, 2.75) is 38.8 Å². The Balaban J connectivity index is 2.78. The fourth-order valence-electron chi connectivity index (χ4n) is 1.92. The van der Waals surface area contributed by atoms with Crippen molar-refractivity contribution in [2.24, 2.45) is 10.9 Å². The van der Waals surface area contributed by atoms with Crippen LogP contribution in [0.25, 0.3) is 0 Å². The molecule has 0 heterocycles. The molecule has 1 aromatic carbocycles. The third-order valence-corrected chi connectivity index (χ3v) is 3.54. The van der Waals surface area contributed by atoms with E-state index in [1.807, 2.05) is 13.8 Å². The van der Waals surface area contributed by atoms with Crippen molar-refractivity contribution >= 4 is 5.84 Å². The average molecular weight is 283 g/mol. The van der Waals surface area contributed by atoms with Crippen LogP contribution >= 0.6 is 0 Å². The largest absolute Gasteiger partial charge is 0.409 e. The summed E-state index contributed by atoms with van der Waals surface area (Å²) in [7, 11) is 0. The van der Waals surface area contributed by atoms with Crippen LogP contribution in [0.2, 0.25) is 0 Å². The molecule has 0 aliphatic heterocycles. The van der Waals surface area contributed by atoms with Crippen molar-refractivity contribution in [3.05, 3.63) is 35.1 Å². The third kappa shape index (κ3) is 4.18. The Bertz CT molecular complexity index is 473. The van der Waals surface area contributed by atoms with E-state index < -0.39 is 11.4 Å². The summed E-state index contributed by atoms with van der Waals surface area (Å²) in [6, 6.07) is 4.11. The predicted molar refractivity (Wildman–Crippen MR) is 76.1 cm³/mol. The fourth-order valence-corrected chi connectivity index (χ4v) is 1.92. The lowest BCUT2D eigenvalue weighted by Crippen LogP contribution is -2.39. The van der Waals surface area contributed by atoms with Gasteiger partial charge < -0.3 is 21.4 Å². The number of nitrogens with zero attached hydrogens (tertiary/aromatic N) is 1. The van der Waals surface area contributed by atoms with Crippen LogP contribution in [-0.2, 0) is 6.54 Å². The van der Waals surface area contributed by atoms with Crippen molar-refractivity contribution in [1.29, 1.82) is 0 Å². The molecule has 112 valence electrons. The molecule has 0 aromatic heterocycles. The molecule has 0 amide bonds. The van der Waals surface area contributed by atoms with Crippen molar-refractivity contribution in [2.75, 3.05) is 6.54 Å². The Kier molecular flexibility index (Phi) is 5.91. The highest BCUT2D eigenvalue weighted by Gasteiger charge is 2.21. The first-order valence-corrected chi connectivity index (χ1v) is 6.65. The van der Waals surface area contributed by atoms with Gasteiger partial charge in [0.25, 0.3) is 0 Å². The summed E-state index contributed by atoms with van der Waals surface area (Å²) < 4.78 is 13.2. The van der Waals surface area contributed by atoms with Gasteiger partial charge in [0.05, 0.1) is 5.60 Å². The first kappa shape index (κ1) is 16.4. The van der Waals surface area contributed by atoms with Gasteiger partial charge >= 0.3 is 0 Å². The number of rotatable bonds is 7. The van der Waals surface area contributed by atoms with Gasteiger partial charge in [0.15, 0.2) is 5.84 Å². The molecule has 5 nitrogen and oxygen atoms in total. The second-order valence-corrected chi connectivity index (χ2v) is 4.82. The smallest absolute Gasteiger partial charge is 0.170 e. The molecular formula is C14H22FN3O2. The molecule has 5 N–H and O–H groups in total. The highest BCUT2D eigenvalue weighted by atomic mass is 19.1. The lowest BCUT2D eigenvalue weighted by Gasteiger charge is -2.25. The Morgan fingerprint density at radius 1 is 1.40 bits per heavy atom. The molecule has 0 bridgehead atoms. The minimum Gasteiger partial charge on any atom is -0.409 e. The van der Waals surface area contributed by atoms with Gasteiger partial charge in [-0.1, -0.05) is 25.1 Å². The number of halogens is 1. The summed E-state index contributed by atoms with van der Waals surface area (Å²) >= 11 is 0. The molecule has 0 atom stereocenters. The van der Waals surface area contributed by atoms with E-state index in [4.69, 9.17) is 10.9 Å². The second-order valence-electron chi connectivity index (χ2n) is 4.82. The molecule has 0 spiro atoms. The summed E-state index contributed by atoms with van der Waals surface area (Å²) in [5, 5.41) is 24.9. The zero-order valence-corrected chi connectivity index (χ0v) is 11.9. The molecular weight excluding hydrogens is 261 g/mol. The molecule has 20 heavy (non-hydrogen) atoms. The Morgan fingerprint density at radius 2 is 2.05 bits per heavy atom. The molecule has 0 saturated heterocycles. The monoisotopic (exact) mass is 283 g/mol. The van der Waals surface area contributed by atoms with Gasteiger partial charge in [-0.2, -0.15) is 0 Å². The van der Waals surface area contributed by atoms with E-state index in [2.05, 4.69) is 10.5 Å². The van der Waals surface area contributed by atoms with Crippen LogP contribution < -0.4 is 11.1 Å². The molecule has 0 unspecified atom stereocenters. The van der Waals surface area contributed by atoms with Gasteiger partial charge in [-0.15, -0.1) is 0 Å². The summed E-state index contributed by atoms with van der Waals surface area (Å²) in [6.07, 6.45) is 1.29. The first-order valence-electron chi connectivity index (χ1n) is 6.65. The summed E-state index contributed by atoms with van der Waals surface area (Å²) in [4.78, 5) is 0. The molecule has 1 rings (SSSR count). The van der Waals surface area contributed by atoms with E-state index in [1.54, 1.807) is 6.07 Å². The highest BCUT2D eigenvalue weighted by molar-refractivity contribution is 5.98. The molecule has 1 aromatic rings. The number of benzene rings is 1. The summed E-state index contributed by atoms with van der Waals surface area (Å²) in [5.74, 6) is -0.587. The highest BCUT2D eigenvalue weighted by Crippen LogP contribution is 2.15. The van der Waals surface area contributed by atoms with Crippen molar-refractivity contribution < 1.29 is 14.7 Å². The first-order chi connectivity index (χ1) is 9.45. The van der Waals surface area contributed by atoms with Gasteiger partial charge in [0, 0.05) is 18.7 Å². The SMILES string of the molecule is CCC(O)(CC)CNCc1ccc(F)cc1C(N)=NO. The topological polar surface area (TPSA) is 90.9 Å². The maximum absolute atomic E-state index is 13.2. The number of aliphatic hydroxyl groups is 1. The Morgan fingerprint density at radius 3 is 2.60 bits per heavy atom. The number of nitrogens with one attached hydrogen (secondary N) is 1. The number of amidine groups is 1. The average Bonchev–Trinajstić information content (AvgIpc) is 2.47. The van der Waals surface area contributed by atoms with Crippen LogP contribution in [-0.4, -0.2) is 28.3 Å². The minimum absolute atomic E-state index is 0.137. The van der Waals surface area contributed by atoms with Crippen LogP contribution in [0.5, 0.6) is 0 Å². The lowest BCUT2D eigenvalue weighted by atomic mass is 9.97. The molecule has 6 heteroatoms. The molecule has 0 saturated carbocycles. The Labute approximate surface area is 118 Å². The molecule has 0 aliphatic rings. The normalized spacial score (nSPS) is 12.7. The quantitative estimate of drug-likeness (QED) is 0.264. The standard InChI is InChI=1S/C14H22FN3O2/c1-3-14(19,4-2)9-17-8-10-5-6-11(15)7-12(10)13(16)18-20/h5-7,17,19-20H,3-4,8-9H2,1-2H3,(H2,16,18). The maximum Gasteiger partial charge on any atom is 0.170 e. The molecule has 0 radical (unpaired) electrons. The van der Waals surface area contributed by atoms with E-state index in [0.29, 0.717) is 37.1 Å². The van der Waals surface area contributed by atoms with E-state index in [0.717, 1.165) is 0 Å². The number of nitrogens with two attached hydrogens (primary N) is 1. The van der Waals surface area contributed by atoms with E-state index in [-0.39, 0.29) is 5.84 Å². The van der Waals surface area contributed by atoms with Crippen molar-refractivity contribution in [3.8, 4) is 0 Å². The summed E-state index contributed by atoms with van der Waals surface area (Å²) in [5.41, 5.74) is 5.83. The number of hydrogen-bond acceptors (Lipinski definition) is 4. The summed E-state index contributed by atoms with van der Waals surface area (Å²) in [6.45, 7) is 4.66. The fraction of sp³-hybridized carbons (Fsp3) is 0.500. The van der Waals surface area contributed by atoms with Crippen LogP contribution in [0.1, 0.15) is 37.8 Å². The van der Waals surface area contributed by atoms with Gasteiger partial charge in [-0.05, 0) is 30.5 Å². The zero-order valence-electron chi connectivity index (χ0n) is 11.9. The van der Waals surface area contributed by atoms with Gasteiger partial charge in [-0.3, -0.25) is 0 Å². The van der Waals surface area contributed by atoms with E-state index in [9.17, 15) is 9.50 Å². The number of oxime groups is 1. The van der Waals surface area contributed by atoms with Crippen LogP contribution in [0.15, 0.2) is 23.4 Å². The van der Waals surface area contributed by atoms with Crippen LogP contribution in [0.3, 0.4) is 0 Å². The molecule has 0 aliphatic carbocycles. The maximum atomic E-state index is 13.2. The van der Waals surface area contributed by atoms with E-state index >= 15 is 0 Å². The number of hydrogen-bond donors (Lipinski definition) is 4. The lowest BCUT2D eigenvalue weighted by molar-refractivity contribution is 0.0323. The molecule has 0 fully saturated rings. The van der Waals surface area contributed by atoms with Gasteiger partial charge in [0.2, 0.25) is 0 Å². The van der Waals surface area contributed by atoms with Gasteiger partial charge in [0.1, 0.15) is 5.82 Å². The minimum atomic E-state index is -0.753. The van der Waals surface area contributed by atoms with Gasteiger partial charge in [-0.25, -0.2) is 4.39 Å². The van der Waals surface area contributed by atoms with Crippen molar-refractivity contribution in [3.63, 3.8) is 0 Å². The van der Waals surface area contributed by atoms with Crippen molar-refractivity contribution in [1.82, 2.24) is 5.32 Å². The Hall–Kier alpha value is -1.66. The second kappa shape index (κ2) is 7.21. The van der Waals surface area contributed by atoms with Crippen LogP contribution in [0.4, 0.5) is 4.39 Å². The zero-order chi connectivity index (χ0) is 15.2. The third-order valence-electron chi connectivity index (χ3n) is 3.54.